The number of phenols is 1. The Kier molecular flexibility index (Phi) is 6.68. The number of amides is 1. The Morgan fingerprint density at radius 1 is 1.29 bits per heavy atom. The van der Waals surface area contributed by atoms with E-state index in [0.717, 1.165) is 5.56 Å². The van der Waals surface area contributed by atoms with Crippen molar-refractivity contribution in [3.05, 3.63) is 29.8 Å². The van der Waals surface area contributed by atoms with Crippen molar-refractivity contribution in [1.82, 2.24) is 5.32 Å². The zero-order chi connectivity index (χ0) is 15.8. The Labute approximate surface area is 124 Å². The second-order valence-electron chi connectivity index (χ2n) is 5.09. The molecule has 2 atom stereocenters. The van der Waals surface area contributed by atoms with Gasteiger partial charge >= 0.3 is 5.97 Å². The van der Waals surface area contributed by atoms with E-state index >= 15 is 0 Å². The first kappa shape index (κ1) is 17.0. The van der Waals surface area contributed by atoms with Gasteiger partial charge in [-0.05, 0) is 30.0 Å². The number of hydrogen-bond acceptors (Lipinski definition) is 4. The number of phenolic OH excluding ortho intramolecular Hbond substituents is 1. The van der Waals surface area contributed by atoms with Gasteiger partial charge in [0, 0.05) is 13.0 Å². The molecule has 1 aromatic carbocycles. The van der Waals surface area contributed by atoms with E-state index in [1.165, 1.54) is 0 Å². The van der Waals surface area contributed by atoms with Crippen LogP contribution in [0.15, 0.2) is 24.3 Å². The molecule has 1 unspecified atom stereocenters. The van der Waals surface area contributed by atoms with Crippen molar-refractivity contribution in [2.24, 2.45) is 11.7 Å². The summed E-state index contributed by atoms with van der Waals surface area (Å²) < 4.78 is 0. The molecule has 1 amide bonds. The topological polar surface area (TPSA) is 113 Å². The van der Waals surface area contributed by atoms with Gasteiger partial charge in [-0.2, -0.15) is 0 Å². The molecular formula is C15H22N2O4. The van der Waals surface area contributed by atoms with Gasteiger partial charge in [0.05, 0.1) is 6.04 Å². The van der Waals surface area contributed by atoms with Crippen LogP contribution in [-0.4, -0.2) is 34.7 Å². The third-order valence-electron chi connectivity index (χ3n) is 3.33. The molecule has 116 valence electrons. The number of hydrogen-bond donors (Lipinski definition) is 4. The van der Waals surface area contributed by atoms with Gasteiger partial charge in [-0.3, -0.25) is 9.59 Å². The Balaban J connectivity index is 2.43. The summed E-state index contributed by atoms with van der Waals surface area (Å²) >= 11 is 0. The summed E-state index contributed by atoms with van der Waals surface area (Å²) in [4.78, 5) is 22.5. The van der Waals surface area contributed by atoms with Crippen molar-refractivity contribution in [1.29, 1.82) is 0 Å². The Hall–Kier alpha value is -2.08. The van der Waals surface area contributed by atoms with Gasteiger partial charge in [-0.25, -0.2) is 0 Å². The number of carboxylic acids is 1. The first-order chi connectivity index (χ1) is 9.92. The molecule has 1 rings (SSSR count). The van der Waals surface area contributed by atoms with E-state index < -0.39 is 12.0 Å². The molecule has 0 bridgehead atoms. The predicted molar refractivity (Wildman–Crippen MR) is 78.8 cm³/mol. The summed E-state index contributed by atoms with van der Waals surface area (Å²) in [5.41, 5.74) is 6.68. The maximum absolute atomic E-state index is 11.9. The molecule has 0 spiro atoms. The summed E-state index contributed by atoms with van der Waals surface area (Å²) in [6.45, 7) is 2.20. The van der Waals surface area contributed by atoms with Crippen LogP contribution in [0, 0.1) is 5.92 Å². The van der Waals surface area contributed by atoms with Gasteiger partial charge in [-0.15, -0.1) is 0 Å². The molecule has 0 fully saturated rings. The first-order valence-electron chi connectivity index (χ1n) is 6.95. The quantitative estimate of drug-likeness (QED) is 0.568. The van der Waals surface area contributed by atoms with Gasteiger partial charge in [0.2, 0.25) is 5.91 Å². The molecule has 0 radical (unpaired) electrons. The van der Waals surface area contributed by atoms with Gasteiger partial charge in [-0.1, -0.05) is 25.5 Å². The van der Waals surface area contributed by atoms with Crippen molar-refractivity contribution in [3.63, 3.8) is 0 Å². The largest absolute Gasteiger partial charge is 0.508 e. The molecular weight excluding hydrogens is 272 g/mol. The lowest BCUT2D eigenvalue weighted by Crippen LogP contribution is -2.43. The van der Waals surface area contributed by atoms with Crippen molar-refractivity contribution >= 4 is 11.9 Å². The van der Waals surface area contributed by atoms with E-state index in [4.69, 9.17) is 10.8 Å². The third kappa shape index (κ3) is 6.27. The van der Waals surface area contributed by atoms with Crippen LogP contribution < -0.4 is 11.1 Å². The van der Waals surface area contributed by atoms with E-state index in [1.807, 2.05) is 6.92 Å². The fourth-order valence-electron chi connectivity index (χ4n) is 1.96. The lowest BCUT2D eigenvalue weighted by atomic mass is 10.0. The fraction of sp³-hybridized carbons (Fsp3) is 0.467. The average Bonchev–Trinajstić information content (AvgIpc) is 2.45. The van der Waals surface area contributed by atoms with Crippen molar-refractivity contribution < 1.29 is 19.8 Å². The maximum Gasteiger partial charge on any atom is 0.303 e. The summed E-state index contributed by atoms with van der Waals surface area (Å²) in [5.74, 6) is -1.10. The van der Waals surface area contributed by atoms with Crippen LogP contribution in [0.5, 0.6) is 5.75 Å². The van der Waals surface area contributed by atoms with Crippen LogP contribution in [0.25, 0.3) is 0 Å². The molecule has 0 aliphatic carbocycles. The van der Waals surface area contributed by atoms with E-state index in [9.17, 15) is 14.7 Å². The SMILES string of the molecule is CCC(CNC(=O)[C@@H](N)Cc1ccc(O)cc1)CC(=O)O. The normalized spacial score (nSPS) is 13.4. The molecule has 0 heterocycles. The van der Waals surface area contributed by atoms with Crippen LogP contribution >= 0.6 is 0 Å². The zero-order valence-electron chi connectivity index (χ0n) is 12.1. The van der Waals surface area contributed by atoms with Crippen LogP contribution in [0.4, 0.5) is 0 Å². The number of carbonyl (C=O) groups is 2. The molecule has 0 saturated carbocycles. The number of nitrogens with one attached hydrogen (secondary N) is 1. The lowest BCUT2D eigenvalue weighted by Gasteiger charge is -2.16. The molecule has 0 aromatic heterocycles. The maximum atomic E-state index is 11.9. The monoisotopic (exact) mass is 294 g/mol. The van der Waals surface area contributed by atoms with Crippen molar-refractivity contribution in [2.75, 3.05) is 6.54 Å². The molecule has 6 nitrogen and oxygen atoms in total. The van der Waals surface area contributed by atoms with Gasteiger partial charge in [0.15, 0.2) is 0 Å². The summed E-state index contributed by atoms with van der Waals surface area (Å²) in [7, 11) is 0. The highest BCUT2D eigenvalue weighted by atomic mass is 16.4. The van der Waals surface area contributed by atoms with E-state index in [1.54, 1.807) is 24.3 Å². The number of carboxylic acid groups (broad SMARTS) is 1. The first-order valence-corrected chi connectivity index (χ1v) is 6.95. The fourth-order valence-corrected chi connectivity index (χ4v) is 1.96. The van der Waals surface area contributed by atoms with Crippen molar-refractivity contribution in [2.45, 2.75) is 32.2 Å². The number of nitrogens with two attached hydrogens (primary N) is 1. The third-order valence-corrected chi connectivity index (χ3v) is 3.33. The standard InChI is InChI=1S/C15H22N2O4/c1-2-10(8-14(19)20)9-17-15(21)13(16)7-11-3-5-12(18)6-4-11/h3-6,10,13,18H,2,7-9,16H2,1H3,(H,17,21)(H,19,20)/t10?,13-/m0/s1. The highest BCUT2D eigenvalue weighted by Gasteiger charge is 2.17. The zero-order valence-corrected chi connectivity index (χ0v) is 12.1. The van der Waals surface area contributed by atoms with Gasteiger partial charge in [0.1, 0.15) is 5.75 Å². The smallest absolute Gasteiger partial charge is 0.303 e. The molecule has 1 aromatic rings. The number of rotatable bonds is 8. The minimum Gasteiger partial charge on any atom is -0.508 e. The Morgan fingerprint density at radius 2 is 1.90 bits per heavy atom. The minimum absolute atomic E-state index is 0.0317. The van der Waals surface area contributed by atoms with Gasteiger partial charge < -0.3 is 21.3 Å². The Bertz CT molecular complexity index is 473. The highest BCUT2D eigenvalue weighted by molar-refractivity contribution is 5.81. The van der Waals surface area contributed by atoms with Crippen LogP contribution in [0.1, 0.15) is 25.3 Å². The molecule has 5 N–H and O–H groups in total. The summed E-state index contributed by atoms with van der Waals surface area (Å²) in [6.07, 6.45) is 1.07. The summed E-state index contributed by atoms with van der Waals surface area (Å²) in [5, 5.41) is 20.6. The van der Waals surface area contributed by atoms with E-state index in [2.05, 4.69) is 5.32 Å². The second-order valence-corrected chi connectivity index (χ2v) is 5.09. The second kappa shape index (κ2) is 8.26. The lowest BCUT2D eigenvalue weighted by molar-refractivity contribution is -0.138. The Morgan fingerprint density at radius 3 is 2.43 bits per heavy atom. The van der Waals surface area contributed by atoms with E-state index in [-0.39, 0.29) is 24.0 Å². The van der Waals surface area contributed by atoms with Crippen LogP contribution in [0.2, 0.25) is 0 Å². The molecule has 0 saturated heterocycles. The predicted octanol–water partition coefficient (Wildman–Crippen LogP) is 0.879. The molecule has 21 heavy (non-hydrogen) atoms. The number of carbonyl (C=O) groups excluding carboxylic acids is 1. The van der Waals surface area contributed by atoms with Crippen molar-refractivity contribution in [3.8, 4) is 5.75 Å². The summed E-state index contributed by atoms with van der Waals surface area (Å²) in [6, 6.07) is 5.81. The molecule has 0 aliphatic heterocycles. The molecule has 0 aliphatic rings. The average molecular weight is 294 g/mol. The number of aliphatic carboxylic acids is 1. The number of aromatic hydroxyl groups is 1. The minimum atomic E-state index is -0.871. The van der Waals surface area contributed by atoms with Gasteiger partial charge in [0.25, 0.3) is 0 Å². The van der Waals surface area contributed by atoms with Crippen LogP contribution in [-0.2, 0) is 16.0 Å². The number of benzene rings is 1. The molecule has 6 heteroatoms. The van der Waals surface area contributed by atoms with E-state index in [0.29, 0.717) is 19.4 Å². The van der Waals surface area contributed by atoms with Crippen LogP contribution in [0.3, 0.4) is 0 Å². The highest BCUT2D eigenvalue weighted by Crippen LogP contribution is 2.11.